The Labute approximate surface area is 134 Å². The Morgan fingerprint density at radius 3 is 2.70 bits per heavy atom. The van der Waals surface area contributed by atoms with Crippen molar-refractivity contribution >= 4 is 11.8 Å². The minimum absolute atomic E-state index is 0.0268. The van der Waals surface area contributed by atoms with Crippen molar-refractivity contribution < 1.29 is 14.0 Å². The second kappa shape index (κ2) is 5.88. The van der Waals surface area contributed by atoms with Gasteiger partial charge in [-0.2, -0.15) is 0 Å². The lowest BCUT2D eigenvalue weighted by molar-refractivity contribution is -0.141. The highest BCUT2D eigenvalue weighted by molar-refractivity contribution is 5.97. The molecule has 0 saturated carbocycles. The number of piperazine rings is 1. The average Bonchev–Trinajstić information content (AvgIpc) is 2.95. The van der Waals surface area contributed by atoms with Gasteiger partial charge < -0.3 is 14.7 Å². The third-order valence-corrected chi connectivity index (χ3v) is 4.85. The molecule has 1 aromatic heterocycles. The summed E-state index contributed by atoms with van der Waals surface area (Å²) in [4.78, 5) is 34.6. The van der Waals surface area contributed by atoms with Gasteiger partial charge >= 0.3 is 0 Å². The minimum atomic E-state index is -0.522. The number of likely N-dealkylation sites (N-methyl/N-ethyl adjacent to an activating group) is 1. The molecule has 0 unspecified atom stereocenters. The number of carbonyl (C=O) groups is 2. The monoisotopic (exact) mass is 320 g/mol. The van der Waals surface area contributed by atoms with Crippen LogP contribution in [0.4, 0.5) is 4.39 Å². The molecule has 2 aliphatic rings. The first-order chi connectivity index (χ1) is 10.9. The Kier molecular flexibility index (Phi) is 4.06. The van der Waals surface area contributed by atoms with E-state index in [0.29, 0.717) is 19.1 Å². The number of carbonyl (C=O) groups excluding carboxylic acids is 2. The van der Waals surface area contributed by atoms with Gasteiger partial charge in [-0.15, -0.1) is 0 Å². The Morgan fingerprint density at radius 1 is 1.35 bits per heavy atom. The van der Waals surface area contributed by atoms with Crippen molar-refractivity contribution in [2.45, 2.75) is 31.5 Å². The van der Waals surface area contributed by atoms with Gasteiger partial charge in [0.05, 0.1) is 12.2 Å². The number of aromatic nitrogens is 1. The SMILES string of the molecule is C[C@H]1C(=O)N2C[C@@H](N(C)C)C[C@H]2CN1C(=O)c1ccc(F)cn1. The second-order valence-electron chi connectivity index (χ2n) is 6.49. The van der Waals surface area contributed by atoms with Crippen LogP contribution in [-0.4, -0.2) is 76.8 Å². The van der Waals surface area contributed by atoms with Gasteiger partial charge in [-0.1, -0.05) is 0 Å². The zero-order chi connectivity index (χ0) is 16.7. The van der Waals surface area contributed by atoms with E-state index in [1.807, 2.05) is 19.0 Å². The lowest BCUT2D eigenvalue weighted by atomic mass is 10.1. The molecule has 1 aromatic rings. The molecule has 2 aliphatic heterocycles. The molecular weight excluding hydrogens is 299 g/mol. The number of hydrogen-bond acceptors (Lipinski definition) is 4. The van der Waals surface area contributed by atoms with E-state index in [2.05, 4.69) is 9.88 Å². The molecule has 2 saturated heterocycles. The topological polar surface area (TPSA) is 56.8 Å². The van der Waals surface area contributed by atoms with E-state index >= 15 is 0 Å². The summed E-state index contributed by atoms with van der Waals surface area (Å²) < 4.78 is 13.0. The molecule has 3 rings (SSSR count). The molecule has 0 aliphatic carbocycles. The van der Waals surface area contributed by atoms with Gasteiger partial charge in [-0.3, -0.25) is 9.59 Å². The molecule has 2 fully saturated rings. The van der Waals surface area contributed by atoms with Gasteiger partial charge in [0.1, 0.15) is 17.6 Å². The molecule has 0 bridgehead atoms. The van der Waals surface area contributed by atoms with Crippen LogP contribution in [0.5, 0.6) is 0 Å². The third-order valence-electron chi connectivity index (χ3n) is 4.85. The fourth-order valence-electron chi connectivity index (χ4n) is 3.38. The maximum absolute atomic E-state index is 13.0. The highest BCUT2D eigenvalue weighted by atomic mass is 19.1. The molecule has 124 valence electrons. The van der Waals surface area contributed by atoms with Gasteiger partial charge in [0.15, 0.2) is 0 Å². The molecule has 7 heteroatoms. The fraction of sp³-hybridized carbons (Fsp3) is 0.562. The van der Waals surface area contributed by atoms with Crippen molar-refractivity contribution in [3.8, 4) is 0 Å². The summed E-state index contributed by atoms with van der Waals surface area (Å²) >= 11 is 0. The van der Waals surface area contributed by atoms with Crippen LogP contribution in [0.1, 0.15) is 23.8 Å². The average molecular weight is 320 g/mol. The Morgan fingerprint density at radius 2 is 2.09 bits per heavy atom. The normalized spacial score (nSPS) is 27.5. The van der Waals surface area contributed by atoms with Gasteiger partial charge in [0, 0.05) is 19.1 Å². The number of halogens is 1. The first kappa shape index (κ1) is 15.9. The van der Waals surface area contributed by atoms with E-state index in [1.54, 1.807) is 11.8 Å². The van der Waals surface area contributed by atoms with E-state index in [9.17, 15) is 14.0 Å². The quantitative estimate of drug-likeness (QED) is 0.801. The molecule has 3 atom stereocenters. The summed E-state index contributed by atoms with van der Waals surface area (Å²) in [5.41, 5.74) is 0.168. The Hall–Kier alpha value is -2.02. The van der Waals surface area contributed by atoms with Crippen molar-refractivity contribution in [3.05, 3.63) is 29.8 Å². The number of pyridine rings is 1. The van der Waals surface area contributed by atoms with E-state index < -0.39 is 11.9 Å². The van der Waals surface area contributed by atoms with Crippen molar-refractivity contribution in [1.29, 1.82) is 0 Å². The van der Waals surface area contributed by atoms with Crippen LogP contribution in [0.3, 0.4) is 0 Å². The summed E-state index contributed by atoms with van der Waals surface area (Å²) in [6.45, 7) is 2.94. The number of amides is 2. The van der Waals surface area contributed by atoms with Crippen LogP contribution in [0.2, 0.25) is 0 Å². The van der Waals surface area contributed by atoms with Gasteiger partial charge in [-0.25, -0.2) is 9.37 Å². The lowest BCUT2D eigenvalue weighted by Crippen LogP contribution is -2.60. The number of hydrogen-bond donors (Lipinski definition) is 0. The molecule has 6 nitrogen and oxygen atoms in total. The predicted octanol–water partition coefficient (Wildman–Crippen LogP) is 0.596. The van der Waals surface area contributed by atoms with Crippen molar-refractivity contribution in [2.75, 3.05) is 27.2 Å². The summed E-state index contributed by atoms with van der Waals surface area (Å²) in [6.07, 6.45) is 1.87. The maximum Gasteiger partial charge on any atom is 0.273 e. The van der Waals surface area contributed by atoms with Crippen LogP contribution in [-0.2, 0) is 4.79 Å². The zero-order valence-electron chi connectivity index (χ0n) is 13.6. The number of fused-ring (bicyclic) bond motifs is 1. The zero-order valence-corrected chi connectivity index (χ0v) is 13.6. The minimum Gasteiger partial charge on any atom is -0.335 e. The van der Waals surface area contributed by atoms with Crippen molar-refractivity contribution in [1.82, 2.24) is 19.7 Å². The summed E-state index contributed by atoms with van der Waals surface area (Å²) in [5.74, 6) is -0.833. The molecule has 2 amide bonds. The Bertz CT molecular complexity index is 619. The number of nitrogens with zero attached hydrogens (tertiary/aromatic N) is 4. The van der Waals surface area contributed by atoms with Crippen LogP contribution in [0.25, 0.3) is 0 Å². The first-order valence-electron chi connectivity index (χ1n) is 7.78. The molecule has 0 radical (unpaired) electrons. The maximum atomic E-state index is 13.0. The second-order valence-corrected chi connectivity index (χ2v) is 6.49. The van der Waals surface area contributed by atoms with Crippen LogP contribution in [0, 0.1) is 5.82 Å². The van der Waals surface area contributed by atoms with Gasteiger partial charge in [0.2, 0.25) is 5.91 Å². The van der Waals surface area contributed by atoms with Gasteiger partial charge in [-0.05, 0) is 39.6 Å². The van der Waals surface area contributed by atoms with Gasteiger partial charge in [0.25, 0.3) is 5.91 Å². The van der Waals surface area contributed by atoms with Crippen molar-refractivity contribution in [2.24, 2.45) is 0 Å². The summed E-state index contributed by atoms with van der Waals surface area (Å²) in [6, 6.07) is 2.40. The summed E-state index contributed by atoms with van der Waals surface area (Å²) in [7, 11) is 4.00. The molecule has 0 N–H and O–H groups in total. The highest BCUT2D eigenvalue weighted by Gasteiger charge is 2.45. The van der Waals surface area contributed by atoms with Crippen LogP contribution in [0.15, 0.2) is 18.3 Å². The molecule has 23 heavy (non-hydrogen) atoms. The predicted molar refractivity (Wildman–Crippen MR) is 82.3 cm³/mol. The highest BCUT2D eigenvalue weighted by Crippen LogP contribution is 2.28. The molecule has 3 heterocycles. The molecule has 0 aromatic carbocycles. The van der Waals surface area contributed by atoms with E-state index in [4.69, 9.17) is 0 Å². The van der Waals surface area contributed by atoms with E-state index in [1.165, 1.54) is 12.1 Å². The largest absolute Gasteiger partial charge is 0.335 e. The standard InChI is InChI=1S/C16H21FN4O2/c1-10-15(22)21-8-12(19(2)3)6-13(21)9-20(10)16(23)14-5-4-11(17)7-18-14/h4-5,7,10,12-13H,6,8-9H2,1-3H3/t10-,12-,13-/m0/s1. The Balaban J connectivity index is 1.80. The van der Waals surface area contributed by atoms with Crippen molar-refractivity contribution in [3.63, 3.8) is 0 Å². The van der Waals surface area contributed by atoms with E-state index in [0.717, 1.165) is 12.6 Å². The third kappa shape index (κ3) is 2.81. The van der Waals surface area contributed by atoms with Crippen LogP contribution >= 0.6 is 0 Å². The lowest BCUT2D eigenvalue weighted by Gasteiger charge is -2.41. The van der Waals surface area contributed by atoms with E-state index in [-0.39, 0.29) is 23.6 Å². The molecule has 0 spiro atoms. The fourth-order valence-corrected chi connectivity index (χ4v) is 3.38. The van der Waals surface area contributed by atoms with Crippen LogP contribution < -0.4 is 0 Å². The first-order valence-corrected chi connectivity index (χ1v) is 7.78. The summed E-state index contributed by atoms with van der Waals surface area (Å²) in [5, 5.41) is 0. The number of rotatable bonds is 2. The smallest absolute Gasteiger partial charge is 0.273 e. The molecular formula is C16H21FN4O2.